The van der Waals surface area contributed by atoms with Crippen LogP contribution in [-0.4, -0.2) is 46.2 Å². The van der Waals surface area contributed by atoms with Gasteiger partial charge in [-0.3, -0.25) is 4.79 Å². The number of epoxide rings is 2. The first-order valence-electron chi connectivity index (χ1n) is 13.8. The third-order valence-electron chi connectivity index (χ3n) is 10.4. The van der Waals surface area contributed by atoms with E-state index in [1.807, 2.05) is 13.8 Å². The maximum absolute atomic E-state index is 11.5. The van der Waals surface area contributed by atoms with Crippen LogP contribution in [0.25, 0.3) is 0 Å². The highest BCUT2D eigenvalue weighted by Gasteiger charge is 2.78. The molecule has 0 radical (unpaired) electrons. The molecular weight excluding hydrogens is 428 g/mol. The lowest BCUT2D eigenvalue weighted by Gasteiger charge is -2.46. The summed E-state index contributed by atoms with van der Waals surface area (Å²) in [6.45, 7) is 14.7. The largest absolute Gasteiger partial charge is 0.462 e. The van der Waals surface area contributed by atoms with Crippen LogP contribution in [0, 0.1) is 23.2 Å². The molecule has 192 valence electrons. The van der Waals surface area contributed by atoms with Crippen LogP contribution in [0.2, 0.25) is 0 Å². The van der Waals surface area contributed by atoms with Crippen molar-refractivity contribution in [3.05, 3.63) is 12.2 Å². The lowest BCUT2D eigenvalue weighted by atomic mass is 9.57. The maximum Gasteiger partial charge on any atom is 0.302 e. The van der Waals surface area contributed by atoms with E-state index in [0.29, 0.717) is 17.3 Å². The van der Waals surface area contributed by atoms with Gasteiger partial charge in [0.2, 0.25) is 0 Å². The Kier molecular flexibility index (Phi) is 6.06. The van der Waals surface area contributed by atoms with E-state index in [4.69, 9.17) is 14.2 Å². The monoisotopic (exact) mass is 474 g/mol. The van der Waals surface area contributed by atoms with Crippen LogP contribution in [0.3, 0.4) is 0 Å². The summed E-state index contributed by atoms with van der Waals surface area (Å²) in [5.74, 6) is 1.80. The molecular formula is C29H46O5. The Balaban J connectivity index is 1.25. The fourth-order valence-electron chi connectivity index (χ4n) is 8.75. The normalized spacial score (nSPS) is 46.4. The number of rotatable bonds is 7. The van der Waals surface area contributed by atoms with Crippen LogP contribution < -0.4 is 0 Å². The first-order valence-corrected chi connectivity index (χ1v) is 13.8. The quantitative estimate of drug-likeness (QED) is 0.290. The fourth-order valence-corrected chi connectivity index (χ4v) is 8.75. The average Bonchev–Trinajstić information content (AvgIpc) is 3.57. The Labute approximate surface area is 206 Å². The molecule has 0 aromatic carbocycles. The summed E-state index contributed by atoms with van der Waals surface area (Å²) in [7, 11) is 0. The van der Waals surface area contributed by atoms with E-state index in [2.05, 4.69) is 20.4 Å². The minimum atomic E-state index is -0.566. The first kappa shape index (κ1) is 24.8. The molecule has 0 amide bonds. The van der Waals surface area contributed by atoms with Crippen LogP contribution in [0.1, 0.15) is 105 Å². The average molecular weight is 475 g/mol. The van der Waals surface area contributed by atoms with Gasteiger partial charge < -0.3 is 19.3 Å². The van der Waals surface area contributed by atoms with Crippen molar-refractivity contribution in [1.29, 1.82) is 0 Å². The molecule has 0 aromatic rings. The van der Waals surface area contributed by atoms with Gasteiger partial charge in [-0.25, -0.2) is 0 Å². The molecule has 0 bridgehead atoms. The number of fused-ring (bicyclic) bond motifs is 2. The van der Waals surface area contributed by atoms with Crippen LogP contribution >= 0.6 is 0 Å². The van der Waals surface area contributed by atoms with Gasteiger partial charge in [0.05, 0.1) is 5.60 Å². The summed E-state index contributed by atoms with van der Waals surface area (Å²) in [5, 5.41) is 10.1. The van der Waals surface area contributed by atoms with E-state index < -0.39 is 5.60 Å². The second kappa shape index (κ2) is 8.31. The summed E-state index contributed by atoms with van der Waals surface area (Å²) in [4.78, 5) is 11.5. The van der Waals surface area contributed by atoms with Crippen LogP contribution in [0.4, 0.5) is 0 Å². The third-order valence-corrected chi connectivity index (χ3v) is 10.4. The van der Waals surface area contributed by atoms with Gasteiger partial charge in [-0.15, -0.1) is 0 Å². The van der Waals surface area contributed by atoms with E-state index in [9.17, 15) is 9.90 Å². The molecule has 2 saturated heterocycles. The Morgan fingerprint density at radius 3 is 2.71 bits per heavy atom. The molecule has 3 saturated carbocycles. The number of carbonyl (C=O) groups is 1. The molecule has 0 aromatic heterocycles. The number of hydrogen-bond donors (Lipinski definition) is 1. The number of aliphatic hydroxyl groups is 1. The van der Waals surface area contributed by atoms with Gasteiger partial charge in [0.1, 0.15) is 29.5 Å². The maximum atomic E-state index is 11.5. The van der Waals surface area contributed by atoms with Gasteiger partial charge >= 0.3 is 5.97 Å². The van der Waals surface area contributed by atoms with Crippen LogP contribution in [-0.2, 0) is 19.0 Å². The molecule has 5 heteroatoms. The van der Waals surface area contributed by atoms with Crippen molar-refractivity contribution in [3.63, 3.8) is 0 Å². The third kappa shape index (κ3) is 4.08. The minimum absolute atomic E-state index is 0.0304. The standard InChI is InChI=1S/C29H46O5/c1-18(9-7-14-26(4,5)31)22-12-13-23-27(22,6)15-8-16-28(23)24(33-28)25-29(34-25)17-21(32-20(3)30)11-10-19(29)2/h18,21-25,31H,2,7-17H2,1,3-6H3/t18-,21+,22-,23-,24+,25-,27-,28-,29+/m1/s1. The van der Waals surface area contributed by atoms with E-state index in [-0.39, 0.29) is 35.5 Å². The van der Waals surface area contributed by atoms with E-state index in [1.165, 1.54) is 39.0 Å². The second-order valence-corrected chi connectivity index (χ2v) is 13.3. The predicted molar refractivity (Wildman–Crippen MR) is 131 cm³/mol. The Morgan fingerprint density at radius 2 is 2.00 bits per heavy atom. The van der Waals surface area contributed by atoms with Gasteiger partial charge in [-0.1, -0.05) is 33.3 Å². The van der Waals surface area contributed by atoms with Crippen molar-refractivity contribution in [2.24, 2.45) is 23.2 Å². The number of esters is 1. The number of ether oxygens (including phenoxy) is 3. The molecule has 2 aliphatic heterocycles. The Hall–Kier alpha value is -0.910. The molecule has 0 unspecified atom stereocenters. The molecule has 5 rings (SSSR count). The second-order valence-electron chi connectivity index (χ2n) is 13.3. The molecule has 9 atom stereocenters. The van der Waals surface area contributed by atoms with Gasteiger partial charge in [0, 0.05) is 13.3 Å². The van der Waals surface area contributed by atoms with E-state index in [1.54, 1.807) is 0 Å². The van der Waals surface area contributed by atoms with Gasteiger partial charge in [-0.05, 0) is 94.0 Å². The zero-order chi connectivity index (χ0) is 24.5. The summed E-state index contributed by atoms with van der Waals surface area (Å²) in [6.07, 6.45) is 12.0. The van der Waals surface area contributed by atoms with Gasteiger partial charge in [0.25, 0.3) is 0 Å². The molecule has 2 spiro atoms. The zero-order valence-electron chi connectivity index (χ0n) is 22.0. The van der Waals surface area contributed by atoms with Crippen LogP contribution in [0.5, 0.6) is 0 Å². The topological polar surface area (TPSA) is 71.6 Å². The Bertz CT molecular complexity index is 831. The van der Waals surface area contributed by atoms with Crippen molar-refractivity contribution in [3.8, 4) is 0 Å². The molecule has 5 aliphatic rings. The molecule has 5 fully saturated rings. The summed E-state index contributed by atoms with van der Waals surface area (Å²) >= 11 is 0. The highest BCUT2D eigenvalue weighted by Crippen LogP contribution is 2.71. The summed E-state index contributed by atoms with van der Waals surface area (Å²) in [5.41, 5.74) is 0.548. The first-order chi connectivity index (χ1) is 15.9. The summed E-state index contributed by atoms with van der Waals surface area (Å²) in [6, 6.07) is 0. The highest BCUT2D eigenvalue weighted by atomic mass is 16.7. The SMILES string of the molecule is C=C1CC[C@H](OC(C)=O)C[C@]12O[C@@H]2[C@@H]1O[C@@]12CCC[C@]1(C)[C@@H]([C@H](C)CCCC(C)(C)O)CC[C@H]12. The smallest absolute Gasteiger partial charge is 0.302 e. The Morgan fingerprint density at radius 1 is 1.24 bits per heavy atom. The molecule has 3 aliphatic carbocycles. The van der Waals surface area contributed by atoms with Crippen LogP contribution in [0.15, 0.2) is 12.2 Å². The fraction of sp³-hybridized carbons (Fsp3) is 0.897. The highest BCUT2D eigenvalue weighted by molar-refractivity contribution is 5.66. The lowest BCUT2D eigenvalue weighted by Crippen LogP contribution is -2.45. The minimum Gasteiger partial charge on any atom is -0.462 e. The van der Waals surface area contributed by atoms with Crippen molar-refractivity contribution >= 4 is 5.97 Å². The molecule has 34 heavy (non-hydrogen) atoms. The zero-order valence-corrected chi connectivity index (χ0v) is 22.0. The number of carbonyl (C=O) groups excluding carboxylic acids is 1. The van der Waals surface area contributed by atoms with Gasteiger partial charge in [-0.2, -0.15) is 0 Å². The predicted octanol–water partition coefficient (Wildman–Crippen LogP) is 5.73. The van der Waals surface area contributed by atoms with E-state index in [0.717, 1.165) is 50.0 Å². The molecule has 1 N–H and O–H groups in total. The van der Waals surface area contributed by atoms with Crippen molar-refractivity contribution < 1.29 is 24.1 Å². The molecule has 2 heterocycles. The number of hydrogen-bond acceptors (Lipinski definition) is 5. The van der Waals surface area contributed by atoms with Crippen molar-refractivity contribution in [1.82, 2.24) is 0 Å². The van der Waals surface area contributed by atoms with E-state index >= 15 is 0 Å². The lowest BCUT2D eigenvalue weighted by molar-refractivity contribution is -0.148. The van der Waals surface area contributed by atoms with Gasteiger partial charge in [0.15, 0.2) is 0 Å². The van der Waals surface area contributed by atoms with Crippen molar-refractivity contribution in [2.75, 3.05) is 0 Å². The molecule has 5 nitrogen and oxygen atoms in total. The van der Waals surface area contributed by atoms with Crippen molar-refractivity contribution in [2.45, 2.75) is 140 Å². The summed E-state index contributed by atoms with van der Waals surface area (Å²) < 4.78 is 18.7.